The molecule has 21 heavy (non-hydrogen) atoms. The van der Waals surface area contributed by atoms with Crippen molar-refractivity contribution in [2.75, 3.05) is 13.2 Å². The highest BCUT2D eigenvalue weighted by atomic mass is 35.5. The first-order valence-corrected chi connectivity index (χ1v) is 7.32. The summed E-state index contributed by atoms with van der Waals surface area (Å²) in [6.45, 7) is 8.32. The van der Waals surface area contributed by atoms with Gasteiger partial charge in [0.15, 0.2) is 0 Å². The van der Waals surface area contributed by atoms with Gasteiger partial charge in [0.05, 0.1) is 24.3 Å². The van der Waals surface area contributed by atoms with Crippen molar-refractivity contribution in [3.05, 3.63) is 34.3 Å². The Bertz CT molecular complexity index is 509. The lowest BCUT2D eigenvalue weighted by molar-refractivity contribution is 0.0412. The van der Waals surface area contributed by atoms with Crippen LogP contribution >= 0.6 is 11.6 Å². The average Bonchev–Trinajstić information content (AvgIpc) is 2.41. The Morgan fingerprint density at radius 2 is 1.43 bits per heavy atom. The van der Waals surface area contributed by atoms with E-state index >= 15 is 0 Å². The fourth-order valence-electron chi connectivity index (χ4n) is 1.50. The number of rotatable bonds is 6. The number of hydrogen-bond donors (Lipinski definition) is 0. The minimum atomic E-state index is -0.567. The summed E-state index contributed by atoms with van der Waals surface area (Å²) in [7, 11) is 0. The van der Waals surface area contributed by atoms with E-state index in [-0.39, 0.29) is 29.6 Å². The lowest BCUT2D eigenvalue weighted by atomic mass is 10.1. The molecular weight excluding hydrogens is 292 g/mol. The van der Waals surface area contributed by atoms with Crippen molar-refractivity contribution >= 4 is 23.5 Å². The van der Waals surface area contributed by atoms with Gasteiger partial charge in [-0.3, -0.25) is 0 Å². The van der Waals surface area contributed by atoms with Crippen LogP contribution in [0.1, 0.15) is 48.4 Å². The van der Waals surface area contributed by atoms with Gasteiger partial charge in [0.25, 0.3) is 0 Å². The van der Waals surface area contributed by atoms with Crippen molar-refractivity contribution in [2.24, 2.45) is 11.8 Å². The SMILES string of the molecule is CC(C)COC(=O)c1ccc(Cl)cc1C(=O)OCC(C)C. The number of hydrogen-bond acceptors (Lipinski definition) is 4. The van der Waals surface area contributed by atoms with E-state index in [2.05, 4.69) is 0 Å². The first-order valence-electron chi connectivity index (χ1n) is 6.95. The average molecular weight is 313 g/mol. The number of esters is 2. The lowest BCUT2D eigenvalue weighted by Crippen LogP contribution is -2.17. The fourth-order valence-corrected chi connectivity index (χ4v) is 1.68. The number of benzene rings is 1. The van der Waals surface area contributed by atoms with Crippen LogP contribution in [0.15, 0.2) is 18.2 Å². The van der Waals surface area contributed by atoms with Crippen molar-refractivity contribution in [3.63, 3.8) is 0 Å². The molecule has 0 aliphatic rings. The molecular formula is C16H21ClO4. The molecule has 0 unspecified atom stereocenters. The highest BCUT2D eigenvalue weighted by Gasteiger charge is 2.20. The van der Waals surface area contributed by atoms with Gasteiger partial charge in [-0.2, -0.15) is 0 Å². The van der Waals surface area contributed by atoms with Crippen LogP contribution < -0.4 is 0 Å². The maximum atomic E-state index is 12.1. The third-order valence-corrected chi connectivity index (χ3v) is 2.75. The second-order valence-corrected chi connectivity index (χ2v) is 6.11. The molecule has 0 bridgehead atoms. The Morgan fingerprint density at radius 1 is 0.952 bits per heavy atom. The molecule has 0 aliphatic heterocycles. The number of ether oxygens (including phenoxy) is 2. The zero-order valence-corrected chi connectivity index (χ0v) is 13.6. The predicted octanol–water partition coefficient (Wildman–Crippen LogP) is 3.97. The minimum Gasteiger partial charge on any atom is -0.462 e. The quantitative estimate of drug-likeness (QED) is 0.746. The summed E-state index contributed by atoms with van der Waals surface area (Å²) in [5.74, 6) is -0.679. The van der Waals surface area contributed by atoms with Gasteiger partial charge < -0.3 is 9.47 Å². The van der Waals surface area contributed by atoms with Gasteiger partial charge >= 0.3 is 11.9 Å². The van der Waals surface area contributed by atoms with Gasteiger partial charge in [0, 0.05) is 5.02 Å². The molecule has 1 rings (SSSR count). The smallest absolute Gasteiger partial charge is 0.339 e. The Balaban J connectivity index is 2.93. The predicted molar refractivity (Wildman–Crippen MR) is 81.7 cm³/mol. The molecule has 0 radical (unpaired) electrons. The Labute approximate surface area is 130 Å². The summed E-state index contributed by atoms with van der Waals surface area (Å²) >= 11 is 5.90. The van der Waals surface area contributed by atoms with Crippen LogP contribution in [0.4, 0.5) is 0 Å². The van der Waals surface area contributed by atoms with Crippen molar-refractivity contribution < 1.29 is 19.1 Å². The maximum Gasteiger partial charge on any atom is 0.339 e. The van der Waals surface area contributed by atoms with Gasteiger partial charge in [-0.25, -0.2) is 9.59 Å². The molecule has 0 spiro atoms. The Morgan fingerprint density at radius 3 is 1.90 bits per heavy atom. The molecule has 116 valence electrons. The van der Waals surface area contributed by atoms with Gasteiger partial charge in [-0.05, 0) is 30.0 Å². The zero-order chi connectivity index (χ0) is 16.0. The summed E-state index contributed by atoms with van der Waals surface area (Å²) in [6.07, 6.45) is 0. The summed E-state index contributed by atoms with van der Waals surface area (Å²) in [5.41, 5.74) is 0.311. The van der Waals surface area contributed by atoms with E-state index in [0.717, 1.165) is 0 Å². The van der Waals surface area contributed by atoms with Crippen molar-refractivity contribution in [1.82, 2.24) is 0 Å². The molecule has 0 N–H and O–H groups in total. The van der Waals surface area contributed by atoms with E-state index in [1.807, 2.05) is 27.7 Å². The summed E-state index contributed by atoms with van der Waals surface area (Å²) in [6, 6.07) is 4.46. The molecule has 0 atom stereocenters. The Hall–Kier alpha value is -1.55. The van der Waals surface area contributed by atoms with Crippen LogP contribution in [0.3, 0.4) is 0 Å². The lowest BCUT2D eigenvalue weighted by Gasteiger charge is -2.12. The van der Waals surface area contributed by atoms with E-state index in [1.54, 1.807) is 6.07 Å². The highest BCUT2D eigenvalue weighted by Crippen LogP contribution is 2.19. The van der Waals surface area contributed by atoms with E-state index in [1.165, 1.54) is 12.1 Å². The molecule has 4 nitrogen and oxygen atoms in total. The number of carbonyl (C=O) groups is 2. The first-order chi connectivity index (χ1) is 9.81. The van der Waals surface area contributed by atoms with E-state index < -0.39 is 11.9 Å². The van der Waals surface area contributed by atoms with Gasteiger partial charge in [0.2, 0.25) is 0 Å². The minimum absolute atomic E-state index is 0.136. The largest absolute Gasteiger partial charge is 0.462 e. The molecule has 1 aromatic rings. The molecule has 5 heteroatoms. The molecule has 0 aliphatic carbocycles. The summed E-state index contributed by atoms with van der Waals surface area (Å²) in [4.78, 5) is 24.1. The molecule has 0 amide bonds. The monoisotopic (exact) mass is 312 g/mol. The van der Waals surface area contributed by atoms with Crippen LogP contribution in [0, 0.1) is 11.8 Å². The van der Waals surface area contributed by atoms with Crippen LogP contribution in [-0.2, 0) is 9.47 Å². The van der Waals surface area contributed by atoms with E-state index in [4.69, 9.17) is 21.1 Å². The fraction of sp³-hybridized carbons (Fsp3) is 0.500. The normalized spacial score (nSPS) is 10.8. The zero-order valence-electron chi connectivity index (χ0n) is 12.8. The van der Waals surface area contributed by atoms with Crippen molar-refractivity contribution in [1.29, 1.82) is 0 Å². The van der Waals surface area contributed by atoms with Crippen LogP contribution in [0.5, 0.6) is 0 Å². The van der Waals surface area contributed by atoms with E-state index in [0.29, 0.717) is 11.6 Å². The molecule has 0 heterocycles. The second-order valence-electron chi connectivity index (χ2n) is 5.67. The van der Waals surface area contributed by atoms with Crippen LogP contribution in [0.2, 0.25) is 5.02 Å². The second kappa shape index (κ2) is 8.03. The number of carbonyl (C=O) groups excluding carboxylic acids is 2. The van der Waals surface area contributed by atoms with Gasteiger partial charge in [-0.15, -0.1) is 0 Å². The standard InChI is InChI=1S/C16H21ClO4/c1-10(2)8-20-15(18)13-6-5-12(17)7-14(13)16(19)21-9-11(3)4/h5-7,10-11H,8-9H2,1-4H3. The summed E-state index contributed by atoms with van der Waals surface area (Å²) < 4.78 is 10.3. The molecule has 0 fully saturated rings. The van der Waals surface area contributed by atoms with Crippen molar-refractivity contribution in [2.45, 2.75) is 27.7 Å². The highest BCUT2D eigenvalue weighted by molar-refractivity contribution is 6.31. The molecule has 0 aromatic heterocycles. The molecule has 0 saturated carbocycles. The Kier molecular flexibility index (Phi) is 6.69. The van der Waals surface area contributed by atoms with Crippen LogP contribution in [-0.4, -0.2) is 25.2 Å². The van der Waals surface area contributed by atoms with Gasteiger partial charge in [0.1, 0.15) is 0 Å². The van der Waals surface area contributed by atoms with Gasteiger partial charge in [-0.1, -0.05) is 39.3 Å². The first kappa shape index (κ1) is 17.5. The van der Waals surface area contributed by atoms with Crippen LogP contribution in [0.25, 0.3) is 0 Å². The number of halogens is 1. The van der Waals surface area contributed by atoms with Crippen molar-refractivity contribution in [3.8, 4) is 0 Å². The topological polar surface area (TPSA) is 52.6 Å². The third-order valence-electron chi connectivity index (χ3n) is 2.52. The molecule has 1 aromatic carbocycles. The maximum absolute atomic E-state index is 12.1. The van der Waals surface area contributed by atoms with E-state index in [9.17, 15) is 9.59 Å². The summed E-state index contributed by atoms with van der Waals surface area (Å²) in [5, 5.41) is 0.368. The molecule has 0 saturated heterocycles. The third kappa shape index (κ3) is 5.76.